The Bertz CT molecular complexity index is 94.5. The van der Waals surface area contributed by atoms with Gasteiger partial charge in [0.1, 0.15) is 0 Å². The van der Waals surface area contributed by atoms with Crippen molar-refractivity contribution in [1.82, 2.24) is 0 Å². The zero-order chi connectivity index (χ0) is 10.6. The normalized spacial score (nSPS) is 10.5. The minimum atomic E-state index is -0.815. The minimum Gasteiger partial charge on any atom is -0.261 e. The van der Waals surface area contributed by atoms with Crippen LogP contribution in [0.3, 0.4) is 0 Å². The van der Waals surface area contributed by atoms with Crippen LogP contribution in [0.4, 0.5) is 0 Å². The van der Waals surface area contributed by atoms with Gasteiger partial charge in [0.15, 0.2) is 0 Å². The van der Waals surface area contributed by atoms with Gasteiger partial charge in [-0.25, -0.2) is 0 Å². The molecule has 0 atom stereocenters. The quantitative estimate of drug-likeness (QED) is 0.351. The molecule has 0 saturated heterocycles. The predicted molar refractivity (Wildman–Crippen MR) is 69.5 cm³/mol. The van der Waals surface area contributed by atoms with Gasteiger partial charge in [0.25, 0.3) is 0 Å². The van der Waals surface area contributed by atoms with Crippen LogP contribution in [0.1, 0.15) is 65.2 Å². The molecule has 0 aliphatic heterocycles. The largest absolute Gasteiger partial charge is 0.399 e. The van der Waals surface area contributed by atoms with Crippen molar-refractivity contribution < 1.29 is 0 Å². The number of halogens is 1. The Balaban J connectivity index is 3.07. The highest BCUT2D eigenvalue weighted by Gasteiger charge is 2.12. The highest BCUT2D eigenvalue weighted by molar-refractivity contribution is 7.06. The summed E-state index contributed by atoms with van der Waals surface area (Å²) in [7, 11) is 6.38. The van der Waals surface area contributed by atoms with E-state index in [1.54, 1.807) is 0 Å². The van der Waals surface area contributed by atoms with Crippen LogP contribution in [0.25, 0.3) is 0 Å². The van der Waals surface area contributed by atoms with Gasteiger partial charge in [-0.3, -0.25) is 10.0 Å². The first-order valence-corrected chi connectivity index (χ1v) is 9.83. The van der Waals surface area contributed by atoms with Gasteiger partial charge < -0.3 is 0 Å². The van der Waals surface area contributed by atoms with E-state index in [1.165, 1.54) is 61.9 Å². The standard InChI is InChI=1S/2C6H13.Al.ClH/c2*1-3-5-6-4-2;;/h2*1,3-6H2,2H3;;1H/q;;+1;/p-1. The fraction of sp³-hybridized carbons (Fsp3) is 1.00. The number of rotatable bonds is 10. The molecule has 0 bridgehead atoms. The van der Waals surface area contributed by atoms with E-state index in [9.17, 15) is 0 Å². The second-order valence-electron chi connectivity index (χ2n) is 4.30. The molecule has 0 saturated carbocycles. The van der Waals surface area contributed by atoms with E-state index in [0.29, 0.717) is 0 Å². The molecule has 0 heterocycles. The third kappa shape index (κ3) is 10.9. The van der Waals surface area contributed by atoms with Gasteiger partial charge in [0.05, 0.1) is 0 Å². The highest BCUT2D eigenvalue weighted by Crippen LogP contribution is 2.15. The monoisotopic (exact) mass is 232 g/mol. The summed E-state index contributed by atoms with van der Waals surface area (Å²) in [5.74, 6) is 0. The van der Waals surface area contributed by atoms with Gasteiger partial charge in [-0.1, -0.05) is 75.8 Å². The van der Waals surface area contributed by atoms with Gasteiger partial charge in [0.2, 0.25) is 0 Å². The summed E-state index contributed by atoms with van der Waals surface area (Å²) in [6.07, 6.45) is 11.1. The van der Waals surface area contributed by atoms with Gasteiger partial charge >= 0.3 is 13.2 Å². The summed E-state index contributed by atoms with van der Waals surface area (Å²) in [6.45, 7) is 4.53. The zero-order valence-electron chi connectivity index (χ0n) is 10.0. The molecular formula is C12H26AlCl. The molecule has 0 aromatic rings. The van der Waals surface area contributed by atoms with Crippen molar-refractivity contribution in [2.75, 3.05) is 0 Å². The molecule has 0 spiro atoms. The molecule has 0 unspecified atom stereocenters. The average Bonchev–Trinajstić information content (AvgIpc) is 2.19. The van der Waals surface area contributed by atoms with Crippen LogP contribution < -0.4 is 0 Å². The Kier molecular flexibility index (Phi) is 12.6. The van der Waals surface area contributed by atoms with Crippen molar-refractivity contribution in [1.29, 1.82) is 0 Å². The molecule has 0 rings (SSSR count). The Morgan fingerprint density at radius 3 is 1.50 bits per heavy atom. The van der Waals surface area contributed by atoms with E-state index in [2.05, 4.69) is 13.8 Å². The van der Waals surface area contributed by atoms with E-state index >= 15 is 0 Å². The molecule has 0 aliphatic carbocycles. The summed E-state index contributed by atoms with van der Waals surface area (Å²) in [4.78, 5) is 0. The Morgan fingerprint density at radius 1 is 0.714 bits per heavy atom. The third-order valence-electron chi connectivity index (χ3n) is 2.74. The van der Waals surface area contributed by atoms with Crippen LogP contribution in [0.15, 0.2) is 0 Å². The highest BCUT2D eigenvalue weighted by atomic mass is 35.6. The maximum atomic E-state index is 6.38. The van der Waals surface area contributed by atoms with Crippen LogP contribution in [0.2, 0.25) is 10.6 Å². The second kappa shape index (κ2) is 11.9. The van der Waals surface area contributed by atoms with E-state index in [4.69, 9.17) is 10.0 Å². The summed E-state index contributed by atoms with van der Waals surface area (Å²) >= 11 is -0.815. The third-order valence-corrected chi connectivity index (χ3v) is 6.12. The number of hydrogen-bond donors (Lipinski definition) is 0. The molecule has 0 nitrogen and oxygen atoms in total. The predicted octanol–water partition coefficient (Wildman–Crippen LogP) is 5.38. The summed E-state index contributed by atoms with van der Waals surface area (Å²) in [5, 5.41) is 2.74. The van der Waals surface area contributed by atoms with Crippen molar-refractivity contribution in [3.05, 3.63) is 0 Å². The van der Waals surface area contributed by atoms with Crippen LogP contribution in [-0.2, 0) is 0 Å². The smallest absolute Gasteiger partial charge is 0.261 e. The zero-order valence-corrected chi connectivity index (χ0v) is 11.9. The van der Waals surface area contributed by atoms with Gasteiger partial charge in [-0.2, -0.15) is 0 Å². The molecule has 0 aliphatic rings. The SMILES string of the molecule is CCCCC[CH2][Al]([Cl])[CH2]CCCCC. The molecule has 14 heavy (non-hydrogen) atoms. The van der Waals surface area contributed by atoms with Crippen molar-refractivity contribution in [2.24, 2.45) is 0 Å². The minimum absolute atomic E-state index is 0.815. The first kappa shape index (κ1) is 14.8. The molecule has 0 aromatic carbocycles. The fourth-order valence-electron chi connectivity index (χ4n) is 1.73. The first-order valence-electron chi connectivity index (χ1n) is 6.45. The van der Waals surface area contributed by atoms with E-state index in [0.717, 1.165) is 0 Å². The van der Waals surface area contributed by atoms with Gasteiger partial charge in [-0.15, -0.1) is 0 Å². The van der Waals surface area contributed by atoms with Crippen molar-refractivity contribution in [2.45, 2.75) is 75.8 Å². The molecular weight excluding hydrogens is 207 g/mol. The lowest BCUT2D eigenvalue weighted by Crippen LogP contribution is -2.02. The van der Waals surface area contributed by atoms with Crippen LogP contribution in [0.5, 0.6) is 0 Å². The number of hydrogen-bond acceptors (Lipinski definition) is 0. The molecule has 0 N–H and O–H groups in total. The lowest BCUT2D eigenvalue weighted by Gasteiger charge is -2.03. The molecule has 0 aromatic heterocycles. The van der Waals surface area contributed by atoms with Gasteiger partial charge in [-0.05, 0) is 0 Å². The fourth-order valence-corrected chi connectivity index (χ4v) is 4.41. The van der Waals surface area contributed by atoms with Crippen molar-refractivity contribution >= 4 is 23.3 Å². The molecule has 2 heteroatoms. The maximum Gasteiger partial charge on any atom is 0.399 e. The molecule has 0 radical (unpaired) electrons. The lowest BCUT2D eigenvalue weighted by atomic mass is 10.2. The first-order chi connectivity index (χ1) is 6.81. The molecule has 0 amide bonds. The van der Waals surface area contributed by atoms with Crippen LogP contribution in [-0.4, -0.2) is 13.2 Å². The molecule has 0 fully saturated rings. The van der Waals surface area contributed by atoms with Crippen LogP contribution >= 0.6 is 10.0 Å². The van der Waals surface area contributed by atoms with Crippen molar-refractivity contribution in [3.63, 3.8) is 0 Å². The van der Waals surface area contributed by atoms with E-state index < -0.39 is 13.2 Å². The van der Waals surface area contributed by atoms with E-state index in [-0.39, 0.29) is 0 Å². The maximum absolute atomic E-state index is 6.38. The van der Waals surface area contributed by atoms with Crippen LogP contribution in [0, 0.1) is 0 Å². The summed E-state index contributed by atoms with van der Waals surface area (Å²) in [6, 6.07) is 0. The summed E-state index contributed by atoms with van der Waals surface area (Å²) < 4.78 is 0. The Morgan fingerprint density at radius 2 is 1.14 bits per heavy atom. The van der Waals surface area contributed by atoms with E-state index in [1.807, 2.05) is 0 Å². The molecule has 84 valence electrons. The van der Waals surface area contributed by atoms with Crippen molar-refractivity contribution in [3.8, 4) is 0 Å². The average molecular weight is 233 g/mol. The summed E-state index contributed by atoms with van der Waals surface area (Å²) in [5.41, 5.74) is 0. The lowest BCUT2D eigenvalue weighted by molar-refractivity contribution is 0.688. The number of unbranched alkanes of at least 4 members (excludes halogenated alkanes) is 6. The Labute approximate surface area is 99.0 Å². The second-order valence-corrected chi connectivity index (χ2v) is 8.50. The topological polar surface area (TPSA) is 0 Å². The van der Waals surface area contributed by atoms with Gasteiger partial charge in [0, 0.05) is 0 Å². The Hall–Kier alpha value is 0.822.